The van der Waals surface area contributed by atoms with Gasteiger partial charge in [0.2, 0.25) is 0 Å². The van der Waals surface area contributed by atoms with Crippen LogP contribution in [0.15, 0.2) is 24.3 Å². The highest BCUT2D eigenvalue weighted by atomic mass is 16.3. The zero-order valence-corrected chi connectivity index (χ0v) is 11.0. The van der Waals surface area contributed by atoms with Crippen LogP contribution in [0.4, 0.5) is 16.2 Å². The van der Waals surface area contributed by atoms with E-state index in [9.17, 15) is 4.79 Å². The summed E-state index contributed by atoms with van der Waals surface area (Å²) >= 11 is 0. The fourth-order valence-electron chi connectivity index (χ4n) is 2.20. The van der Waals surface area contributed by atoms with E-state index in [1.54, 1.807) is 12.1 Å². The van der Waals surface area contributed by atoms with Crippen molar-refractivity contribution in [1.82, 2.24) is 4.90 Å². The molecule has 19 heavy (non-hydrogen) atoms. The highest BCUT2D eigenvalue weighted by Crippen LogP contribution is 2.25. The molecule has 0 radical (unpaired) electrons. The highest BCUT2D eigenvalue weighted by molar-refractivity contribution is 5.90. The van der Waals surface area contributed by atoms with Crippen LogP contribution >= 0.6 is 0 Å². The van der Waals surface area contributed by atoms with Gasteiger partial charge in [-0.15, -0.1) is 0 Å². The Morgan fingerprint density at radius 1 is 1.47 bits per heavy atom. The lowest BCUT2D eigenvalue weighted by Crippen LogP contribution is -2.46. The summed E-state index contributed by atoms with van der Waals surface area (Å²) in [6.45, 7) is 0.699. The quantitative estimate of drug-likeness (QED) is 0.711. The predicted octanol–water partition coefficient (Wildman–Crippen LogP) is 2.04. The monoisotopic (exact) mass is 263 g/mol. The van der Waals surface area contributed by atoms with E-state index in [-0.39, 0.29) is 12.6 Å². The third-order valence-electron chi connectivity index (χ3n) is 3.47. The first kappa shape index (κ1) is 13.7. The summed E-state index contributed by atoms with van der Waals surface area (Å²) in [5, 5.41) is 11.8. The SMILES string of the molecule is Nc1cccc(NC(=O)N(CCCO)C2CCC2)c1. The average molecular weight is 263 g/mol. The lowest BCUT2D eigenvalue weighted by atomic mass is 9.91. The van der Waals surface area contributed by atoms with Crippen molar-refractivity contribution in [2.75, 3.05) is 24.2 Å². The van der Waals surface area contributed by atoms with E-state index < -0.39 is 0 Å². The van der Waals surface area contributed by atoms with Crippen LogP contribution in [0.2, 0.25) is 0 Å². The first-order valence-electron chi connectivity index (χ1n) is 6.74. The summed E-state index contributed by atoms with van der Waals surface area (Å²) in [5.41, 5.74) is 7.02. The van der Waals surface area contributed by atoms with Gasteiger partial charge >= 0.3 is 6.03 Å². The largest absolute Gasteiger partial charge is 0.399 e. The molecule has 5 heteroatoms. The minimum absolute atomic E-state index is 0.106. The van der Waals surface area contributed by atoms with E-state index in [1.165, 1.54) is 6.42 Å². The number of aliphatic hydroxyl groups excluding tert-OH is 1. The Morgan fingerprint density at radius 3 is 2.84 bits per heavy atom. The summed E-state index contributed by atoms with van der Waals surface area (Å²) in [7, 11) is 0. The fraction of sp³-hybridized carbons (Fsp3) is 0.500. The zero-order valence-electron chi connectivity index (χ0n) is 11.0. The zero-order chi connectivity index (χ0) is 13.7. The van der Waals surface area contributed by atoms with Gasteiger partial charge in [-0.2, -0.15) is 0 Å². The second-order valence-corrected chi connectivity index (χ2v) is 4.91. The van der Waals surface area contributed by atoms with Crippen LogP contribution in [-0.2, 0) is 0 Å². The molecule has 2 rings (SSSR count). The molecule has 0 atom stereocenters. The van der Waals surface area contributed by atoms with Crippen LogP contribution < -0.4 is 11.1 Å². The number of urea groups is 1. The van der Waals surface area contributed by atoms with Crippen LogP contribution in [0, 0.1) is 0 Å². The van der Waals surface area contributed by atoms with Crippen molar-refractivity contribution in [3.05, 3.63) is 24.3 Å². The molecular formula is C14H21N3O2. The Balaban J connectivity index is 1.98. The van der Waals surface area contributed by atoms with Crippen molar-refractivity contribution >= 4 is 17.4 Å². The van der Waals surface area contributed by atoms with Gasteiger partial charge in [0.1, 0.15) is 0 Å². The van der Waals surface area contributed by atoms with E-state index in [0.717, 1.165) is 12.8 Å². The molecule has 1 aromatic carbocycles. The van der Waals surface area contributed by atoms with Crippen molar-refractivity contribution in [2.45, 2.75) is 31.7 Å². The minimum atomic E-state index is -0.108. The second kappa shape index (κ2) is 6.43. The number of anilines is 2. The number of nitrogens with two attached hydrogens (primary N) is 1. The Labute approximate surface area is 113 Å². The minimum Gasteiger partial charge on any atom is -0.399 e. The van der Waals surface area contributed by atoms with E-state index in [4.69, 9.17) is 10.8 Å². The van der Waals surface area contributed by atoms with Gasteiger partial charge < -0.3 is 21.1 Å². The number of nitrogen functional groups attached to an aromatic ring is 1. The van der Waals surface area contributed by atoms with Crippen molar-refractivity contribution < 1.29 is 9.90 Å². The number of carbonyl (C=O) groups excluding carboxylic acids is 1. The summed E-state index contributed by atoms with van der Waals surface area (Å²) in [6.07, 6.45) is 3.89. The molecule has 1 fully saturated rings. The van der Waals surface area contributed by atoms with E-state index in [1.807, 2.05) is 17.0 Å². The van der Waals surface area contributed by atoms with Gasteiger partial charge in [-0.3, -0.25) is 0 Å². The van der Waals surface area contributed by atoms with E-state index >= 15 is 0 Å². The maximum Gasteiger partial charge on any atom is 0.322 e. The Hall–Kier alpha value is -1.75. The smallest absolute Gasteiger partial charge is 0.322 e. The summed E-state index contributed by atoms with van der Waals surface area (Å²) in [5.74, 6) is 0. The van der Waals surface area contributed by atoms with Crippen LogP contribution in [-0.4, -0.2) is 35.2 Å². The van der Waals surface area contributed by atoms with Gasteiger partial charge in [0.25, 0.3) is 0 Å². The Kier molecular flexibility index (Phi) is 4.63. The molecule has 0 aromatic heterocycles. The molecule has 104 valence electrons. The Morgan fingerprint density at radius 2 is 2.26 bits per heavy atom. The third kappa shape index (κ3) is 3.61. The molecular weight excluding hydrogens is 242 g/mol. The van der Waals surface area contributed by atoms with Gasteiger partial charge in [0.05, 0.1) is 0 Å². The maximum absolute atomic E-state index is 12.3. The van der Waals surface area contributed by atoms with Gasteiger partial charge in [-0.1, -0.05) is 6.07 Å². The van der Waals surface area contributed by atoms with Crippen molar-refractivity contribution in [2.24, 2.45) is 0 Å². The molecule has 5 nitrogen and oxygen atoms in total. The standard InChI is InChI=1S/C14H21N3O2/c15-11-4-1-5-12(10-11)16-14(19)17(8-3-9-18)13-6-2-7-13/h1,4-5,10,13,18H,2-3,6-9,15H2,(H,16,19). The number of aliphatic hydroxyl groups is 1. The molecule has 0 unspecified atom stereocenters. The number of nitrogens with one attached hydrogen (secondary N) is 1. The van der Waals surface area contributed by atoms with Gasteiger partial charge in [-0.05, 0) is 43.9 Å². The summed E-state index contributed by atoms with van der Waals surface area (Å²) < 4.78 is 0. The fourth-order valence-corrected chi connectivity index (χ4v) is 2.20. The highest BCUT2D eigenvalue weighted by Gasteiger charge is 2.28. The van der Waals surface area contributed by atoms with Crippen LogP contribution in [0.3, 0.4) is 0 Å². The van der Waals surface area contributed by atoms with Crippen molar-refractivity contribution in [3.8, 4) is 0 Å². The van der Waals surface area contributed by atoms with Gasteiger partial charge in [-0.25, -0.2) is 4.79 Å². The number of benzene rings is 1. The number of hydrogen-bond acceptors (Lipinski definition) is 3. The first-order chi connectivity index (χ1) is 9.20. The number of nitrogens with zero attached hydrogens (tertiary/aromatic N) is 1. The predicted molar refractivity (Wildman–Crippen MR) is 75.9 cm³/mol. The van der Waals surface area contributed by atoms with E-state index in [0.29, 0.717) is 30.4 Å². The van der Waals surface area contributed by atoms with Gasteiger partial charge in [0, 0.05) is 30.6 Å². The van der Waals surface area contributed by atoms with Crippen LogP contribution in [0.5, 0.6) is 0 Å². The average Bonchev–Trinajstić information content (AvgIpc) is 2.31. The molecule has 1 aliphatic carbocycles. The third-order valence-corrected chi connectivity index (χ3v) is 3.47. The topological polar surface area (TPSA) is 78.6 Å². The van der Waals surface area contributed by atoms with Crippen molar-refractivity contribution in [3.63, 3.8) is 0 Å². The molecule has 1 aliphatic rings. The number of hydrogen-bond donors (Lipinski definition) is 3. The molecule has 0 aliphatic heterocycles. The Bertz CT molecular complexity index is 432. The maximum atomic E-state index is 12.3. The lowest BCUT2D eigenvalue weighted by Gasteiger charge is -2.37. The lowest BCUT2D eigenvalue weighted by molar-refractivity contribution is 0.140. The first-order valence-corrected chi connectivity index (χ1v) is 6.74. The molecule has 0 saturated heterocycles. The molecule has 0 spiro atoms. The van der Waals surface area contributed by atoms with Crippen LogP contribution in [0.1, 0.15) is 25.7 Å². The normalized spacial score (nSPS) is 14.8. The number of amides is 2. The molecule has 1 aromatic rings. The molecule has 1 saturated carbocycles. The van der Waals surface area contributed by atoms with Crippen molar-refractivity contribution in [1.29, 1.82) is 0 Å². The van der Waals surface area contributed by atoms with Crippen LogP contribution in [0.25, 0.3) is 0 Å². The number of rotatable bonds is 5. The van der Waals surface area contributed by atoms with Gasteiger partial charge in [0.15, 0.2) is 0 Å². The number of carbonyl (C=O) groups is 1. The summed E-state index contributed by atoms with van der Waals surface area (Å²) in [4.78, 5) is 14.1. The molecule has 0 heterocycles. The molecule has 4 N–H and O–H groups in total. The second-order valence-electron chi connectivity index (χ2n) is 4.91. The molecule has 2 amide bonds. The van der Waals surface area contributed by atoms with E-state index in [2.05, 4.69) is 5.32 Å². The molecule has 0 bridgehead atoms. The summed E-state index contributed by atoms with van der Waals surface area (Å²) in [6, 6.07) is 7.36.